The Hall–Kier alpha value is -2.84. The second-order valence-corrected chi connectivity index (χ2v) is 10.1. The van der Waals surface area contributed by atoms with E-state index in [2.05, 4.69) is 4.98 Å². The van der Waals surface area contributed by atoms with Crippen molar-refractivity contribution in [3.05, 3.63) is 63.9 Å². The summed E-state index contributed by atoms with van der Waals surface area (Å²) in [6.07, 6.45) is 3.55. The number of H-pyrrole nitrogens is 1. The van der Waals surface area contributed by atoms with Gasteiger partial charge < -0.3 is 14.5 Å². The number of hydrogen-bond acceptors (Lipinski definition) is 5. The summed E-state index contributed by atoms with van der Waals surface area (Å²) in [5, 5.41) is 0.747. The molecule has 1 N–H and O–H groups in total. The topological polar surface area (TPSA) is 88.7 Å². The van der Waals surface area contributed by atoms with E-state index < -0.39 is 10.0 Å². The lowest BCUT2D eigenvalue weighted by molar-refractivity contribution is 0.315. The average molecular weight is 457 g/mol. The molecule has 0 bridgehead atoms. The number of fused-ring (bicyclic) bond motifs is 1. The first-order valence-electron chi connectivity index (χ1n) is 10.7. The third-order valence-corrected chi connectivity index (χ3v) is 8.02. The lowest BCUT2D eigenvalue weighted by Gasteiger charge is -2.28. The van der Waals surface area contributed by atoms with Crippen molar-refractivity contribution in [2.75, 3.05) is 14.2 Å². The number of nitrogens with one attached hydrogen (secondary N) is 1. The molecule has 3 aromatic rings. The molecule has 0 aliphatic heterocycles. The van der Waals surface area contributed by atoms with Crippen molar-refractivity contribution in [1.82, 2.24) is 9.29 Å². The first kappa shape index (κ1) is 22.4. The fourth-order valence-corrected chi connectivity index (χ4v) is 5.97. The molecule has 0 radical (unpaired) electrons. The number of methoxy groups -OCH3 is 2. The number of aromatic nitrogens is 1. The molecule has 2 aromatic carbocycles. The number of pyridine rings is 1. The molecule has 7 nitrogen and oxygen atoms in total. The van der Waals surface area contributed by atoms with Crippen LogP contribution in [0.4, 0.5) is 0 Å². The second-order valence-electron chi connectivity index (χ2n) is 8.22. The predicted octanol–water partition coefficient (Wildman–Crippen LogP) is 3.99. The van der Waals surface area contributed by atoms with Crippen LogP contribution >= 0.6 is 0 Å². The summed E-state index contributed by atoms with van der Waals surface area (Å²) in [6.45, 7) is 1.93. The first-order chi connectivity index (χ1) is 15.3. The zero-order chi connectivity index (χ0) is 22.9. The van der Waals surface area contributed by atoms with Crippen molar-refractivity contribution in [3.63, 3.8) is 0 Å². The summed E-state index contributed by atoms with van der Waals surface area (Å²) in [6, 6.07) is 12.0. The number of sulfonamides is 1. The first-order valence-corrected chi connectivity index (χ1v) is 12.1. The SMILES string of the molecule is COc1cc2cc(CN(C3CCCC3)S(=O)(=O)c3ccc(C)cc3)c(=O)[nH]c2cc1OC. The average Bonchev–Trinajstić information content (AvgIpc) is 3.31. The molecule has 8 heteroatoms. The smallest absolute Gasteiger partial charge is 0.252 e. The van der Waals surface area contributed by atoms with Crippen LogP contribution < -0.4 is 15.0 Å². The van der Waals surface area contributed by atoms with E-state index in [1.165, 1.54) is 11.4 Å². The number of aromatic amines is 1. The maximum atomic E-state index is 13.6. The molecule has 32 heavy (non-hydrogen) atoms. The molecule has 1 aromatic heterocycles. The molecule has 1 heterocycles. The molecule has 1 aliphatic carbocycles. The summed E-state index contributed by atoms with van der Waals surface area (Å²) in [5.74, 6) is 1.05. The van der Waals surface area contributed by atoms with Gasteiger partial charge in [-0.15, -0.1) is 0 Å². The van der Waals surface area contributed by atoms with Gasteiger partial charge in [0.1, 0.15) is 0 Å². The molecule has 0 saturated heterocycles. The van der Waals surface area contributed by atoms with Crippen molar-refractivity contribution >= 4 is 20.9 Å². The highest BCUT2D eigenvalue weighted by atomic mass is 32.2. The zero-order valence-electron chi connectivity index (χ0n) is 18.6. The van der Waals surface area contributed by atoms with Gasteiger partial charge in [-0.3, -0.25) is 4.79 Å². The Morgan fingerprint density at radius 3 is 2.25 bits per heavy atom. The lowest BCUT2D eigenvalue weighted by atomic mass is 10.1. The highest BCUT2D eigenvalue weighted by Crippen LogP contribution is 2.33. The van der Waals surface area contributed by atoms with Crippen molar-refractivity contribution in [2.45, 2.75) is 50.1 Å². The minimum absolute atomic E-state index is 0.0144. The molecular weight excluding hydrogens is 428 g/mol. The predicted molar refractivity (Wildman–Crippen MR) is 124 cm³/mol. The van der Waals surface area contributed by atoms with E-state index >= 15 is 0 Å². The van der Waals surface area contributed by atoms with Gasteiger partial charge in [-0.2, -0.15) is 4.31 Å². The van der Waals surface area contributed by atoms with Crippen molar-refractivity contribution in [1.29, 1.82) is 0 Å². The van der Waals surface area contributed by atoms with Gasteiger partial charge >= 0.3 is 0 Å². The van der Waals surface area contributed by atoms with Crippen LogP contribution in [0.1, 0.15) is 36.8 Å². The van der Waals surface area contributed by atoms with Gasteiger partial charge in [0, 0.05) is 29.6 Å². The summed E-state index contributed by atoms with van der Waals surface area (Å²) >= 11 is 0. The Labute approximate surface area is 188 Å². The number of ether oxygens (including phenoxy) is 2. The van der Waals surface area contributed by atoms with E-state index in [-0.39, 0.29) is 23.0 Å². The van der Waals surface area contributed by atoms with Crippen molar-refractivity contribution in [2.24, 2.45) is 0 Å². The summed E-state index contributed by atoms with van der Waals surface area (Å²) in [7, 11) is -0.676. The Bertz CT molecular complexity index is 1280. The van der Waals surface area contributed by atoms with E-state index in [4.69, 9.17) is 9.47 Å². The summed E-state index contributed by atoms with van der Waals surface area (Å²) in [5.41, 5.74) is 1.68. The van der Waals surface area contributed by atoms with Crippen LogP contribution in [-0.2, 0) is 16.6 Å². The minimum atomic E-state index is -3.76. The molecule has 1 fully saturated rings. The highest BCUT2D eigenvalue weighted by molar-refractivity contribution is 7.89. The summed E-state index contributed by atoms with van der Waals surface area (Å²) < 4.78 is 39.3. The number of nitrogens with zero attached hydrogens (tertiary/aromatic N) is 1. The van der Waals surface area contributed by atoms with Gasteiger partial charge in [-0.25, -0.2) is 8.42 Å². The number of rotatable bonds is 7. The van der Waals surface area contributed by atoms with Crippen LogP contribution in [-0.4, -0.2) is 38.0 Å². The Kier molecular flexibility index (Phi) is 6.26. The van der Waals surface area contributed by atoms with Crippen LogP contribution in [0, 0.1) is 6.92 Å². The monoisotopic (exact) mass is 456 g/mol. The van der Waals surface area contributed by atoms with E-state index in [0.717, 1.165) is 36.6 Å². The van der Waals surface area contributed by atoms with Gasteiger partial charge in [0.2, 0.25) is 10.0 Å². The molecule has 0 amide bonds. The lowest BCUT2D eigenvalue weighted by Crippen LogP contribution is -2.39. The van der Waals surface area contributed by atoms with Gasteiger partial charge in [-0.05, 0) is 44.0 Å². The number of hydrogen-bond donors (Lipinski definition) is 1. The molecule has 170 valence electrons. The van der Waals surface area contributed by atoms with Gasteiger partial charge in [0.25, 0.3) is 5.56 Å². The van der Waals surface area contributed by atoms with Gasteiger partial charge in [-0.1, -0.05) is 30.5 Å². The standard InChI is InChI=1S/C24H28N2O5S/c1-16-8-10-20(11-9-16)32(28,29)26(19-6-4-5-7-19)15-18-12-17-13-22(30-2)23(31-3)14-21(17)25-24(18)27/h8-14,19H,4-7,15H2,1-3H3,(H,25,27). The minimum Gasteiger partial charge on any atom is -0.493 e. The Morgan fingerprint density at radius 2 is 1.62 bits per heavy atom. The highest BCUT2D eigenvalue weighted by Gasteiger charge is 2.34. The number of benzene rings is 2. The van der Waals surface area contributed by atoms with Crippen LogP contribution in [0.3, 0.4) is 0 Å². The van der Waals surface area contributed by atoms with E-state index in [0.29, 0.717) is 22.6 Å². The maximum absolute atomic E-state index is 13.6. The van der Waals surface area contributed by atoms with E-state index in [9.17, 15) is 13.2 Å². The van der Waals surface area contributed by atoms with Crippen LogP contribution in [0.5, 0.6) is 11.5 Å². The molecule has 0 unspecified atom stereocenters. The van der Waals surface area contributed by atoms with Crippen LogP contribution in [0.25, 0.3) is 10.9 Å². The molecule has 4 rings (SSSR count). The Morgan fingerprint density at radius 1 is 1.00 bits per heavy atom. The van der Waals surface area contributed by atoms with Crippen molar-refractivity contribution in [3.8, 4) is 11.5 Å². The fraction of sp³-hybridized carbons (Fsp3) is 0.375. The Balaban J connectivity index is 1.77. The molecule has 1 aliphatic rings. The normalized spacial score (nSPS) is 14.9. The van der Waals surface area contributed by atoms with Crippen LogP contribution in [0.2, 0.25) is 0 Å². The molecular formula is C24H28N2O5S. The van der Waals surface area contributed by atoms with Gasteiger partial charge in [0.15, 0.2) is 11.5 Å². The third kappa shape index (κ3) is 4.25. The molecule has 1 saturated carbocycles. The quantitative estimate of drug-likeness (QED) is 0.581. The molecule has 0 spiro atoms. The largest absolute Gasteiger partial charge is 0.493 e. The van der Waals surface area contributed by atoms with E-state index in [1.807, 2.05) is 6.92 Å². The van der Waals surface area contributed by atoms with E-state index in [1.54, 1.807) is 49.6 Å². The second kappa shape index (κ2) is 8.96. The third-order valence-electron chi connectivity index (χ3n) is 6.11. The number of aryl methyl sites for hydroxylation is 1. The summed E-state index contributed by atoms with van der Waals surface area (Å²) in [4.78, 5) is 16.0. The maximum Gasteiger partial charge on any atom is 0.252 e. The van der Waals surface area contributed by atoms with Gasteiger partial charge in [0.05, 0.1) is 24.6 Å². The zero-order valence-corrected chi connectivity index (χ0v) is 19.4. The fourth-order valence-electron chi connectivity index (χ4n) is 4.31. The van der Waals surface area contributed by atoms with Crippen molar-refractivity contribution < 1.29 is 17.9 Å². The molecule has 0 atom stereocenters. The van der Waals surface area contributed by atoms with Crippen LogP contribution in [0.15, 0.2) is 52.2 Å².